The van der Waals surface area contributed by atoms with E-state index in [1.54, 1.807) is 29.0 Å². The second kappa shape index (κ2) is 25.1. The number of H-pyrrole nitrogens is 1. The Morgan fingerprint density at radius 3 is 2.41 bits per heavy atom. The van der Waals surface area contributed by atoms with E-state index in [0.29, 0.717) is 69.0 Å². The highest BCUT2D eigenvalue weighted by atomic mass is 33.1. The van der Waals surface area contributed by atoms with Crippen molar-refractivity contribution in [1.82, 2.24) is 20.2 Å². The van der Waals surface area contributed by atoms with Crippen molar-refractivity contribution in [2.75, 3.05) is 49.2 Å². The van der Waals surface area contributed by atoms with Gasteiger partial charge in [0.05, 0.1) is 40.6 Å². The van der Waals surface area contributed by atoms with Crippen LogP contribution in [0.2, 0.25) is 0 Å². The topological polar surface area (TPSA) is 249 Å². The van der Waals surface area contributed by atoms with Gasteiger partial charge in [-0.2, -0.15) is 13.0 Å². The molecule has 1 saturated heterocycles. The van der Waals surface area contributed by atoms with Crippen molar-refractivity contribution in [1.29, 1.82) is 0 Å². The van der Waals surface area contributed by atoms with E-state index in [9.17, 15) is 45.1 Å². The average molecular weight is 1100 g/mol. The van der Waals surface area contributed by atoms with Gasteiger partial charge < -0.3 is 29.6 Å². The predicted molar refractivity (Wildman–Crippen MR) is 288 cm³/mol. The summed E-state index contributed by atoms with van der Waals surface area (Å²) >= 11 is 0. The highest BCUT2D eigenvalue weighted by molar-refractivity contribution is 8.76. The van der Waals surface area contributed by atoms with E-state index in [2.05, 4.69) is 43.5 Å². The van der Waals surface area contributed by atoms with Gasteiger partial charge >= 0.3 is 5.69 Å². The van der Waals surface area contributed by atoms with Crippen LogP contribution in [-0.2, 0) is 50.1 Å². The zero-order valence-electron chi connectivity index (χ0n) is 42.6. The first kappa shape index (κ1) is 58.0. The Kier molecular flexibility index (Phi) is 19.6. The normalized spacial score (nSPS) is 19.4. The van der Waals surface area contributed by atoms with Crippen molar-refractivity contribution in [3.8, 4) is 11.8 Å². The number of nitrogens with one attached hydrogen (secondary N) is 3. The molecule has 0 radical (unpaired) electrons. The van der Waals surface area contributed by atoms with Gasteiger partial charge in [0, 0.05) is 91.0 Å². The number of hydrogen-bond acceptors (Lipinski definition) is 14. The Morgan fingerprint density at radius 1 is 0.986 bits per heavy atom. The molecule has 2 amide bonds. The molecule has 18 nitrogen and oxygen atoms in total. The average Bonchev–Trinajstić information content (AvgIpc) is 3.92. The van der Waals surface area contributed by atoms with Gasteiger partial charge in [0.2, 0.25) is 17.5 Å². The van der Waals surface area contributed by atoms with Crippen molar-refractivity contribution in [2.24, 2.45) is 0 Å². The molecule has 2 aromatic carbocycles. The number of carbonyl (C=O) groups excluding carboxylic acids is 2. The van der Waals surface area contributed by atoms with Crippen LogP contribution in [-0.4, -0.2) is 114 Å². The number of unbranched alkanes of at least 4 members (excludes halogenated alkanes) is 2. The monoisotopic (exact) mass is 1090 g/mol. The number of fused-ring (bicyclic) bond motifs is 2. The highest BCUT2D eigenvalue weighted by Crippen LogP contribution is 2.48. The van der Waals surface area contributed by atoms with Crippen molar-refractivity contribution < 1.29 is 49.6 Å². The number of carbonyl (C=O) groups is 2. The fourth-order valence-electron chi connectivity index (χ4n) is 9.50. The van der Waals surface area contributed by atoms with Crippen LogP contribution >= 0.6 is 21.6 Å². The van der Waals surface area contributed by atoms with Crippen LogP contribution in [0, 0.1) is 11.8 Å². The van der Waals surface area contributed by atoms with Crippen LogP contribution in [0.25, 0.3) is 0 Å². The maximum atomic E-state index is 12.7. The number of rotatable bonds is 24. The minimum atomic E-state index is -4.71. The molecule has 0 bridgehead atoms. The smallest absolute Gasteiger partial charge is 0.330 e. The second-order valence-electron chi connectivity index (χ2n) is 19.0. The summed E-state index contributed by atoms with van der Waals surface area (Å²) < 4.78 is 85.3. The van der Waals surface area contributed by atoms with Crippen LogP contribution in [0.5, 0.6) is 0 Å². The number of ether oxygens (including phenoxy) is 2. The van der Waals surface area contributed by atoms with E-state index in [0.717, 1.165) is 41.2 Å². The summed E-state index contributed by atoms with van der Waals surface area (Å²) in [6, 6.07) is 9.06. The van der Waals surface area contributed by atoms with Crippen molar-refractivity contribution in [2.45, 2.75) is 126 Å². The summed E-state index contributed by atoms with van der Waals surface area (Å²) in [5.41, 5.74) is 2.43. The van der Waals surface area contributed by atoms with Gasteiger partial charge in [0.1, 0.15) is 28.5 Å². The van der Waals surface area contributed by atoms with E-state index in [1.807, 2.05) is 59.8 Å². The summed E-state index contributed by atoms with van der Waals surface area (Å²) in [7, 11) is -6.06. The lowest BCUT2D eigenvalue weighted by molar-refractivity contribution is -0.438. The fourth-order valence-corrected chi connectivity index (χ4v) is 12.4. The van der Waals surface area contributed by atoms with E-state index in [-0.39, 0.29) is 52.3 Å². The van der Waals surface area contributed by atoms with Crippen molar-refractivity contribution in [3.63, 3.8) is 0 Å². The van der Waals surface area contributed by atoms with E-state index < -0.39 is 48.5 Å². The third-order valence-corrected chi connectivity index (χ3v) is 17.4. The molecule has 1 fully saturated rings. The molecule has 400 valence electrons. The van der Waals surface area contributed by atoms with Crippen LogP contribution in [0.4, 0.5) is 11.4 Å². The molecule has 3 aliphatic rings. The maximum absolute atomic E-state index is 12.7. The molecule has 3 atom stereocenters. The van der Waals surface area contributed by atoms with E-state index in [1.165, 1.54) is 45.8 Å². The Morgan fingerprint density at radius 2 is 1.70 bits per heavy atom. The molecule has 0 aliphatic carbocycles. The first-order valence-electron chi connectivity index (χ1n) is 24.6. The number of aromatic nitrogens is 2. The SMILES string of the molecule is C=CCOC1CC(n2cc(C#CCNC(=O)CCSSCCNC(=O)CCCCC[N+]3=C(/C=C/C=C4/N(CC)c5ccc(S(=O)(=O)O)cc5C4(C)C)C(C)(C)c4cc(S(=O)(=O)[O-])ccc43)c(=O)[nH]c2=O)OC1CC. The maximum Gasteiger partial charge on any atom is 0.330 e. The van der Waals surface area contributed by atoms with E-state index >= 15 is 0 Å². The molecule has 74 heavy (non-hydrogen) atoms. The van der Waals surface area contributed by atoms with Crippen LogP contribution in [0.1, 0.15) is 109 Å². The number of nitrogens with zero attached hydrogens (tertiary/aromatic N) is 3. The molecular formula is C52H66N6O12S4. The summed E-state index contributed by atoms with van der Waals surface area (Å²) in [6.45, 7) is 17.6. The zero-order valence-corrected chi connectivity index (χ0v) is 45.9. The third kappa shape index (κ3) is 14.0. The van der Waals surface area contributed by atoms with Crippen molar-refractivity contribution in [3.05, 3.63) is 117 Å². The first-order chi connectivity index (χ1) is 35.0. The van der Waals surface area contributed by atoms with Gasteiger partial charge in [-0.05, 0) is 82.0 Å². The van der Waals surface area contributed by atoms with Crippen LogP contribution in [0.3, 0.4) is 0 Å². The third-order valence-electron chi connectivity index (χ3n) is 13.3. The lowest BCUT2D eigenvalue weighted by atomic mass is 9.81. The molecule has 1 aromatic heterocycles. The molecule has 4 N–H and O–H groups in total. The largest absolute Gasteiger partial charge is 0.744 e. The summed E-state index contributed by atoms with van der Waals surface area (Å²) in [6.07, 6.45) is 11.6. The number of anilines is 1. The lowest BCUT2D eigenvalue weighted by Gasteiger charge is -2.25. The Labute approximate surface area is 441 Å². The molecule has 3 unspecified atom stereocenters. The van der Waals surface area contributed by atoms with Crippen LogP contribution in [0.15, 0.2) is 98.6 Å². The predicted octanol–water partition coefficient (Wildman–Crippen LogP) is 6.21. The molecule has 4 heterocycles. The number of hydrogen-bond donors (Lipinski definition) is 4. The second-order valence-corrected chi connectivity index (χ2v) is 24.5. The number of likely N-dealkylation sites (N-methyl/N-ethyl adjacent to an activating group) is 1. The summed E-state index contributed by atoms with van der Waals surface area (Å²) in [5, 5.41) is 5.67. The fraction of sp³-hybridized carbons (Fsp3) is 0.481. The van der Waals surface area contributed by atoms with Gasteiger partial charge in [-0.3, -0.25) is 28.5 Å². The van der Waals surface area contributed by atoms with Gasteiger partial charge in [-0.25, -0.2) is 13.2 Å². The zero-order chi connectivity index (χ0) is 54.0. The highest BCUT2D eigenvalue weighted by Gasteiger charge is 2.45. The van der Waals surface area contributed by atoms with Gasteiger partial charge in [0.25, 0.3) is 15.7 Å². The first-order valence-corrected chi connectivity index (χ1v) is 29.9. The molecule has 3 aliphatic heterocycles. The van der Waals surface area contributed by atoms with E-state index in [4.69, 9.17) is 9.47 Å². The Hall–Kier alpha value is -5.25. The number of amides is 2. The van der Waals surface area contributed by atoms with Crippen molar-refractivity contribution >= 4 is 70.7 Å². The Bertz CT molecular complexity index is 3110. The molecule has 3 aromatic rings. The molecule has 0 spiro atoms. The standard InChI is InChI=1S/C52H66N6O12S4/c1-8-28-69-43-33-48(70-42(43)9-2)58-34-35(49(61)55-50(58)62)16-15-25-53-47(60)24-29-71-72-30-26-54-46(59)19-12-11-13-27-57-41-23-21-37(74(66,67)68)32-39(41)52(6,7)45(57)18-14-17-44-51(4,5)38-31-36(73(63,64)65)20-22-40(38)56(44)10-3/h8,14,17-18,20-23,31-32,34,42-43,48H,1,9-13,19,24-30,33H2,2-7H3,(H4-,53,54,55,59,60,61,62,63,64,65,66,67,68). The molecule has 6 rings (SSSR count). The molecular weight excluding hydrogens is 1030 g/mol. The van der Waals surface area contributed by atoms with Gasteiger partial charge in [-0.1, -0.05) is 66.4 Å². The van der Waals surface area contributed by atoms with Crippen LogP contribution < -0.4 is 26.8 Å². The lowest BCUT2D eigenvalue weighted by Crippen LogP contribution is -2.33. The Balaban J connectivity index is 0.938. The van der Waals surface area contributed by atoms with Gasteiger partial charge in [0.15, 0.2) is 5.71 Å². The number of aromatic amines is 1. The summed E-state index contributed by atoms with van der Waals surface area (Å²) in [5.74, 6) is 6.42. The van der Waals surface area contributed by atoms with Gasteiger partial charge in [-0.15, -0.1) is 6.58 Å². The molecule has 22 heteroatoms. The number of benzene rings is 2. The minimum Gasteiger partial charge on any atom is -0.744 e. The summed E-state index contributed by atoms with van der Waals surface area (Å²) in [4.78, 5) is 54.1. The molecule has 0 saturated carbocycles. The quantitative estimate of drug-likeness (QED) is 0.0195. The number of allylic oxidation sites excluding steroid dienone is 4. The minimum absolute atomic E-state index is 0.0114.